The number of nitrogens with zero attached hydrogens (tertiary/aromatic N) is 3. The molecule has 3 heterocycles. The first-order valence-corrected chi connectivity index (χ1v) is 15.1. The summed E-state index contributed by atoms with van der Waals surface area (Å²) in [7, 11) is 6.42. The van der Waals surface area contributed by atoms with Crippen LogP contribution < -0.4 is 13.4 Å². The van der Waals surface area contributed by atoms with E-state index in [9.17, 15) is 0 Å². The number of thiophene rings is 1. The van der Waals surface area contributed by atoms with Crippen molar-refractivity contribution in [3.05, 3.63) is 58.3 Å². The van der Waals surface area contributed by atoms with Crippen molar-refractivity contribution in [1.29, 1.82) is 0 Å². The Kier molecular flexibility index (Phi) is 6.91. The van der Waals surface area contributed by atoms with Gasteiger partial charge in [-0.15, -0.1) is 0 Å². The van der Waals surface area contributed by atoms with Crippen LogP contribution in [0.25, 0.3) is 32.7 Å². The van der Waals surface area contributed by atoms with Crippen LogP contribution in [0.4, 0.5) is 5.69 Å². The SMILES string of the molecule is CCN(CC)C(=S)c1ccc(-c2c3ccc(=[N+](C)C)cc-3oc3cc4c(cc23)C(C)(C)CC[N+]4(C)[SeH])s1. The maximum absolute atomic E-state index is 6.68. The van der Waals surface area contributed by atoms with Crippen molar-refractivity contribution in [3.63, 3.8) is 0 Å². The molecule has 0 fully saturated rings. The van der Waals surface area contributed by atoms with Crippen LogP contribution in [-0.2, 0) is 5.41 Å². The van der Waals surface area contributed by atoms with E-state index in [1.54, 1.807) is 11.3 Å². The summed E-state index contributed by atoms with van der Waals surface area (Å²) >= 11 is 10.5. The van der Waals surface area contributed by atoms with Crippen molar-refractivity contribution in [2.24, 2.45) is 0 Å². The molecular weight excluding hydrogens is 561 g/mol. The number of hydrogen-bond donors (Lipinski definition) is 0. The Morgan fingerprint density at radius 1 is 1.14 bits per heavy atom. The van der Waals surface area contributed by atoms with Crippen molar-refractivity contribution in [2.45, 2.75) is 39.5 Å². The minimum atomic E-state index is 0.104. The molecule has 194 valence electrons. The van der Waals surface area contributed by atoms with Gasteiger partial charge in [0.2, 0.25) is 0 Å². The van der Waals surface area contributed by atoms with Gasteiger partial charge in [-0.2, -0.15) is 0 Å². The zero-order chi connectivity index (χ0) is 26.7. The second kappa shape index (κ2) is 9.62. The van der Waals surface area contributed by atoms with Crippen molar-refractivity contribution in [3.8, 4) is 21.8 Å². The zero-order valence-electron chi connectivity index (χ0n) is 22.9. The average molecular weight is 599 g/mol. The Morgan fingerprint density at radius 2 is 1.86 bits per heavy atom. The number of fused-ring (bicyclic) bond motifs is 3. The van der Waals surface area contributed by atoms with E-state index in [2.05, 4.69) is 117 Å². The zero-order valence-corrected chi connectivity index (χ0v) is 26.4. The van der Waals surface area contributed by atoms with Crippen molar-refractivity contribution in [1.82, 2.24) is 13.0 Å². The number of benzene rings is 2. The van der Waals surface area contributed by atoms with Crippen molar-refractivity contribution < 1.29 is 4.42 Å². The molecule has 0 saturated heterocycles. The maximum atomic E-state index is 6.68. The predicted molar refractivity (Wildman–Crippen MR) is 165 cm³/mol. The molecule has 0 spiro atoms. The van der Waals surface area contributed by atoms with Crippen LogP contribution in [0.1, 0.15) is 44.6 Å². The summed E-state index contributed by atoms with van der Waals surface area (Å²) in [5, 5.41) is 2.30. The van der Waals surface area contributed by atoms with Crippen LogP contribution in [0.15, 0.2) is 46.9 Å². The van der Waals surface area contributed by atoms with Crippen LogP contribution in [0.2, 0.25) is 0 Å². The molecule has 1 unspecified atom stereocenters. The molecule has 4 nitrogen and oxygen atoms in total. The Balaban J connectivity index is 1.84. The first kappa shape index (κ1) is 26.6. The second-order valence-electron chi connectivity index (χ2n) is 11.1. The fourth-order valence-electron chi connectivity index (χ4n) is 5.40. The van der Waals surface area contributed by atoms with Gasteiger partial charge in [0, 0.05) is 0 Å². The molecule has 5 rings (SSSR count). The van der Waals surface area contributed by atoms with Gasteiger partial charge >= 0.3 is 225 Å². The van der Waals surface area contributed by atoms with E-state index in [4.69, 9.17) is 16.6 Å². The summed E-state index contributed by atoms with van der Waals surface area (Å²) in [5.74, 6) is 0.907. The Labute approximate surface area is 238 Å². The van der Waals surface area contributed by atoms with Gasteiger partial charge in [-0.25, -0.2) is 0 Å². The third-order valence-electron chi connectivity index (χ3n) is 7.87. The molecular formula is C30H37N3OS2Se+2. The molecule has 1 aliphatic carbocycles. The molecule has 0 saturated carbocycles. The number of hydrogen-bond acceptors (Lipinski definition) is 3. The number of quaternary nitrogens is 1. The molecule has 0 amide bonds. The summed E-state index contributed by atoms with van der Waals surface area (Å²) in [6.07, 6.45) is 1.14. The van der Waals surface area contributed by atoms with E-state index in [1.807, 2.05) is 0 Å². The topological polar surface area (TPSA) is 19.4 Å². The van der Waals surface area contributed by atoms with Gasteiger partial charge in [-0.3, -0.25) is 0 Å². The van der Waals surface area contributed by atoms with Crippen LogP contribution in [0, 0.1) is 0 Å². The summed E-state index contributed by atoms with van der Waals surface area (Å²) in [6, 6.07) is 15.7. The predicted octanol–water partition coefficient (Wildman–Crippen LogP) is 5.75. The van der Waals surface area contributed by atoms with E-state index in [1.165, 1.54) is 27.1 Å². The Bertz CT molecular complexity index is 1550. The van der Waals surface area contributed by atoms with E-state index in [-0.39, 0.29) is 5.41 Å². The van der Waals surface area contributed by atoms with Gasteiger partial charge in [0.15, 0.2) is 0 Å². The van der Waals surface area contributed by atoms with Crippen LogP contribution in [0.3, 0.4) is 0 Å². The van der Waals surface area contributed by atoms with Gasteiger partial charge in [0.05, 0.1) is 0 Å². The molecule has 1 atom stereocenters. The Hall–Kier alpha value is -2.02. The number of thiocarbonyl (C=S) groups is 1. The standard InChI is InChI=1S/C30H37N3OS2Se/c1-8-32(9-2)29(35)27-13-12-26(36-27)28-20-11-10-19(31(5)6)16-24(20)34-25-18-23-22(17-21(25)28)30(3,4)14-15-33(23,7)37/h10-13,16-18,37H,8-9,14-15H2,1-7H3/q+2. The first-order valence-electron chi connectivity index (χ1n) is 13.0. The number of rotatable bonds is 4. The molecule has 7 heteroatoms. The fourth-order valence-corrected chi connectivity index (χ4v) is 7.46. The van der Waals surface area contributed by atoms with Crippen LogP contribution in [-0.4, -0.2) is 66.9 Å². The van der Waals surface area contributed by atoms with Crippen LogP contribution >= 0.6 is 23.6 Å². The molecule has 3 aliphatic rings. The first-order chi connectivity index (χ1) is 17.5. The summed E-state index contributed by atoms with van der Waals surface area (Å²) in [5.41, 5.74) is 6.16. The quantitative estimate of drug-likeness (QED) is 0.129. The molecule has 0 radical (unpaired) electrons. The average Bonchev–Trinajstić information content (AvgIpc) is 3.34. The van der Waals surface area contributed by atoms with Gasteiger partial charge in [0.1, 0.15) is 0 Å². The summed E-state index contributed by atoms with van der Waals surface area (Å²) < 4.78 is 9.61. The molecule has 2 aliphatic heterocycles. The molecule has 0 bridgehead atoms. The van der Waals surface area contributed by atoms with Crippen LogP contribution in [0.5, 0.6) is 0 Å². The van der Waals surface area contributed by atoms with E-state index in [0.29, 0.717) is 0 Å². The molecule has 1 aromatic heterocycles. The van der Waals surface area contributed by atoms with E-state index >= 15 is 0 Å². The second-order valence-corrected chi connectivity index (χ2v) is 14.4. The van der Waals surface area contributed by atoms with E-state index < -0.39 is 0 Å². The van der Waals surface area contributed by atoms with Gasteiger partial charge in [-0.1, -0.05) is 0 Å². The fraction of sp³-hybridized carbons (Fsp3) is 0.400. The molecule has 2 aromatic rings. The third-order valence-corrected chi connectivity index (χ3v) is 10.5. The summed E-state index contributed by atoms with van der Waals surface area (Å²) in [4.78, 5) is 5.56. The molecule has 0 N–H and O–H groups in total. The molecule has 1 aromatic carbocycles. The van der Waals surface area contributed by atoms with Gasteiger partial charge in [0.25, 0.3) is 0 Å². The third kappa shape index (κ3) is 4.59. The Morgan fingerprint density at radius 3 is 2.54 bits per heavy atom. The minimum absolute atomic E-state index is 0.104. The van der Waals surface area contributed by atoms with E-state index in [0.717, 1.165) is 61.7 Å². The van der Waals surface area contributed by atoms with Crippen molar-refractivity contribution >= 4 is 61.4 Å². The van der Waals surface area contributed by atoms with Gasteiger partial charge < -0.3 is 0 Å². The molecule has 37 heavy (non-hydrogen) atoms. The van der Waals surface area contributed by atoms with Gasteiger partial charge in [-0.05, 0) is 13.8 Å². The normalized spacial score (nSPS) is 18.7. The van der Waals surface area contributed by atoms with Crippen molar-refractivity contribution in [2.75, 3.05) is 40.8 Å². The summed E-state index contributed by atoms with van der Waals surface area (Å²) in [6.45, 7) is 12.0. The monoisotopic (exact) mass is 599 g/mol.